The number of nitrogens with one attached hydrogen (secondary N) is 1. The van der Waals surface area contributed by atoms with E-state index in [0.29, 0.717) is 6.54 Å². The lowest BCUT2D eigenvalue weighted by molar-refractivity contribution is -0.124. The molecule has 0 aromatic carbocycles. The smallest absolute Gasteiger partial charge is 0.155 e. The van der Waals surface area contributed by atoms with E-state index in [1.807, 2.05) is 0 Å². The molecular formula is C7H13NO2. The molecule has 1 saturated carbocycles. The fourth-order valence-electron chi connectivity index (χ4n) is 1.02. The predicted octanol–water partition coefficient (Wildman–Crippen LogP) is -0.453. The van der Waals surface area contributed by atoms with Gasteiger partial charge in [0.05, 0.1) is 18.6 Å². The quantitative estimate of drug-likeness (QED) is 0.560. The summed E-state index contributed by atoms with van der Waals surface area (Å²) in [5.41, 5.74) is -0.344. The number of Topliss-reactive ketones (excluding diaryl/α,β-unsaturated/α-hetero) is 1. The molecule has 1 fully saturated rings. The van der Waals surface area contributed by atoms with Crippen molar-refractivity contribution in [3.05, 3.63) is 0 Å². The maximum atomic E-state index is 11.1. The van der Waals surface area contributed by atoms with Crippen molar-refractivity contribution in [2.24, 2.45) is 5.41 Å². The van der Waals surface area contributed by atoms with E-state index < -0.39 is 0 Å². The third kappa shape index (κ3) is 1.20. The van der Waals surface area contributed by atoms with Crippen molar-refractivity contribution in [3.63, 3.8) is 0 Å². The highest BCUT2D eigenvalue weighted by Crippen LogP contribution is 2.45. The first-order valence-electron chi connectivity index (χ1n) is 3.54. The molecule has 1 aliphatic rings. The summed E-state index contributed by atoms with van der Waals surface area (Å²) >= 11 is 0. The van der Waals surface area contributed by atoms with E-state index in [2.05, 4.69) is 5.32 Å². The summed E-state index contributed by atoms with van der Waals surface area (Å²) in [4.78, 5) is 11.1. The Kier molecular flexibility index (Phi) is 2.06. The minimum absolute atomic E-state index is 0.0213. The summed E-state index contributed by atoms with van der Waals surface area (Å²) in [6.45, 7) is 0.411. The Bertz CT molecular complexity index is 141. The molecule has 0 atom stereocenters. The largest absolute Gasteiger partial charge is 0.395 e. The number of aliphatic hydroxyl groups is 1. The van der Waals surface area contributed by atoms with Gasteiger partial charge in [-0.2, -0.15) is 0 Å². The van der Waals surface area contributed by atoms with Crippen LogP contribution in [-0.4, -0.2) is 31.1 Å². The molecule has 1 aliphatic carbocycles. The van der Waals surface area contributed by atoms with Crippen LogP contribution in [-0.2, 0) is 4.79 Å². The molecule has 10 heavy (non-hydrogen) atoms. The Balaban J connectivity index is 2.40. The van der Waals surface area contributed by atoms with E-state index in [1.165, 1.54) is 0 Å². The SMILES string of the molecule is CNCC(=O)C1(CO)CC1. The van der Waals surface area contributed by atoms with Crippen molar-refractivity contribution in [3.8, 4) is 0 Å². The zero-order chi connectivity index (χ0) is 7.61. The van der Waals surface area contributed by atoms with E-state index >= 15 is 0 Å². The second-order valence-corrected chi connectivity index (χ2v) is 2.89. The highest BCUT2D eigenvalue weighted by atomic mass is 16.3. The van der Waals surface area contributed by atoms with Gasteiger partial charge in [0.15, 0.2) is 5.78 Å². The number of hydrogen-bond donors (Lipinski definition) is 2. The normalized spacial score (nSPS) is 20.6. The van der Waals surface area contributed by atoms with Crippen LogP contribution in [0.15, 0.2) is 0 Å². The number of carbonyl (C=O) groups is 1. The average molecular weight is 143 g/mol. The van der Waals surface area contributed by atoms with Crippen molar-refractivity contribution in [2.45, 2.75) is 12.8 Å². The van der Waals surface area contributed by atoms with Crippen LogP contribution in [0.25, 0.3) is 0 Å². The standard InChI is InChI=1S/C7H13NO2/c1-8-4-6(10)7(5-9)2-3-7/h8-9H,2-5H2,1H3. The molecule has 0 unspecified atom stereocenters. The third-order valence-corrected chi connectivity index (χ3v) is 2.09. The van der Waals surface area contributed by atoms with Crippen LogP contribution in [0, 0.1) is 5.41 Å². The number of aliphatic hydroxyl groups excluding tert-OH is 1. The van der Waals surface area contributed by atoms with Crippen LogP contribution >= 0.6 is 0 Å². The first kappa shape index (κ1) is 7.69. The Hall–Kier alpha value is -0.410. The summed E-state index contributed by atoms with van der Waals surface area (Å²) in [5.74, 6) is 0.150. The molecule has 3 heteroatoms. The molecule has 0 bridgehead atoms. The van der Waals surface area contributed by atoms with Gasteiger partial charge in [-0.05, 0) is 19.9 Å². The molecule has 0 heterocycles. The van der Waals surface area contributed by atoms with Crippen LogP contribution in [0.1, 0.15) is 12.8 Å². The van der Waals surface area contributed by atoms with Gasteiger partial charge >= 0.3 is 0 Å². The summed E-state index contributed by atoms with van der Waals surface area (Å²) in [6.07, 6.45) is 1.73. The summed E-state index contributed by atoms with van der Waals surface area (Å²) in [5, 5.41) is 11.6. The van der Waals surface area contributed by atoms with E-state index in [-0.39, 0.29) is 17.8 Å². The van der Waals surface area contributed by atoms with Crippen LogP contribution in [0.2, 0.25) is 0 Å². The summed E-state index contributed by atoms with van der Waals surface area (Å²) in [6, 6.07) is 0. The predicted molar refractivity (Wildman–Crippen MR) is 37.7 cm³/mol. The molecule has 0 amide bonds. The lowest BCUT2D eigenvalue weighted by atomic mass is 10.0. The van der Waals surface area contributed by atoms with Crippen LogP contribution in [0.3, 0.4) is 0 Å². The number of rotatable bonds is 4. The minimum Gasteiger partial charge on any atom is -0.395 e. The Labute approximate surface area is 60.4 Å². The van der Waals surface area contributed by atoms with Gasteiger partial charge in [-0.1, -0.05) is 0 Å². The summed E-state index contributed by atoms with van der Waals surface area (Å²) in [7, 11) is 1.74. The fraction of sp³-hybridized carbons (Fsp3) is 0.857. The molecule has 0 radical (unpaired) electrons. The van der Waals surface area contributed by atoms with Gasteiger partial charge in [0.1, 0.15) is 0 Å². The van der Waals surface area contributed by atoms with E-state index in [0.717, 1.165) is 12.8 Å². The number of likely N-dealkylation sites (N-methyl/N-ethyl adjacent to an activating group) is 1. The third-order valence-electron chi connectivity index (χ3n) is 2.09. The molecule has 58 valence electrons. The maximum absolute atomic E-state index is 11.1. The molecule has 1 rings (SSSR count). The van der Waals surface area contributed by atoms with Gasteiger partial charge in [-0.25, -0.2) is 0 Å². The molecule has 0 aromatic rings. The average Bonchev–Trinajstić information content (AvgIpc) is 2.68. The van der Waals surface area contributed by atoms with Gasteiger partial charge in [0.25, 0.3) is 0 Å². The highest BCUT2D eigenvalue weighted by Gasteiger charge is 2.48. The van der Waals surface area contributed by atoms with Gasteiger partial charge in [0.2, 0.25) is 0 Å². The second kappa shape index (κ2) is 2.68. The maximum Gasteiger partial charge on any atom is 0.155 e. The Morgan fingerprint density at radius 2 is 2.30 bits per heavy atom. The van der Waals surface area contributed by atoms with Crippen molar-refractivity contribution in [2.75, 3.05) is 20.2 Å². The van der Waals surface area contributed by atoms with Crippen molar-refractivity contribution >= 4 is 5.78 Å². The molecule has 0 spiro atoms. The van der Waals surface area contributed by atoms with Crippen LogP contribution in [0.4, 0.5) is 0 Å². The van der Waals surface area contributed by atoms with Crippen LogP contribution in [0.5, 0.6) is 0 Å². The van der Waals surface area contributed by atoms with Crippen molar-refractivity contribution < 1.29 is 9.90 Å². The van der Waals surface area contributed by atoms with Gasteiger partial charge in [0, 0.05) is 0 Å². The molecule has 2 N–H and O–H groups in total. The van der Waals surface area contributed by atoms with Crippen LogP contribution < -0.4 is 5.32 Å². The Morgan fingerprint density at radius 1 is 1.70 bits per heavy atom. The summed E-state index contributed by atoms with van der Waals surface area (Å²) < 4.78 is 0. The van der Waals surface area contributed by atoms with Gasteiger partial charge in [-0.3, -0.25) is 4.79 Å². The topological polar surface area (TPSA) is 49.3 Å². The Morgan fingerprint density at radius 3 is 2.60 bits per heavy atom. The molecule has 0 aromatic heterocycles. The van der Waals surface area contributed by atoms with Gasteiger partial charge in [-0.15, -0.1) is 0 Å². The van der Waals surface area contributed by atoms with E-state index in [1.54, 1.807) is 7.05 Å². The monoisotopic (exact) mass is 143 g/mol. The second-order valence-electron chi connectivity index (χ2n) is 2.89. The van der Waals surface area contributed by atoms with E-state index in [4.69, 9.17) is 5.11 Å². The molecular weight excluding hydrogens is 130 g/mol. The first-order chi connectivity index (χ1) is 4.75. The molecule has 0 aliphatic heterocycles. The molecule has 0 saturated heterocycles. The number of carbonyl (C=O) groups excluding carboxylic acids is 1. The highest BCUT2D eigenvalue weighted by molar-refractivity contribution is 5.89. The zero-order valence-corrected chi connectivity index (χ0v) is 6.18. The number of ketones is 1. The number of hydrogen-bond acceptors (Lipinski definition) is 3. The fourth-order valence-corrected chi connectivity index (χ4v) is 1.02. The van der Waals surface area contributed by atoms with Crippen molar-refractivity contribution in [1.82, 2.24) is 5.32 Å². The minimum atomic E-state index is -0.344. The lowest BCUT2D eigenvalue weighted by Crippen LogP contribution is -2.29. The molecule has 3 nitrogen and oxygen atoms in total. The zero-order valence-electron chi connectivity index (χ0n) is 6.18. The van der Waals surface area contributed by atoms with Gasteiger partial charge < -0.3 is 10.4 Å². The lowest BCUT2D eigenvalue weighted by Gasteiger charge is -2.08. The first-order valence-corrected chi connectivity index (χ1v) is 3.54. The van der Waals surface area contributed by atoms with Crippen molar-refractivity contribution in [1.29, 1.82) is 0 Å². The van der Waals surface area contributed by atoms with E-state index in [9.17, 15) is 4.79 Å².